The summed E-state index contributed by atoms with van der Waals surface area (Å²) in [4.78, 5) is 14.1. The third-order valence-electron chi connectivity index (χ3n) is 6.13. The second-order valence-electron chi connectivity index (χ2n) is 8.38. The zero-order valence-electron chi connectivity index (χ0n) is 17.4. The van der Waals surface area contributed by atoms with E-state index >= 15 is 0 Å². The number of amides is 1. The summed E-state index contributed by atoms with van der Waals surface area (Å²) in [5, 5.41) is 2.83. The number of hydrogen-bond donors (Lipinski definition) is 2. The summed E-state index contributed by atoms with van der Waals surface area (Å²) in [5.74, 6) is 0.0401. The molecular weight excluding hydrogens is 417 g/mol. The lowest BCUT2D eigenvalue weighted by molar-refractivity contribution is -0.116. The van der Waals surface area contributed by atoms with Gasteiger partial charge in [0.1, 0.15) is 5.82 Å². The van der Waals surface area contributed by atoms with Crippen molar-refractivity contribution in [2.75, 3.05) is 25.0 Å². The van der Waals surface area contributed by atoms with Gasteiger partial charge in [0.2, 0.25) is 15.9 Å². The summed E-state index contributed by atoms with van der Waals surface area (Å²) >= 11 is 0. The SMILES string of the molecule is O=C1CCCc2cc(S(=O)(=O)NCC3CCN(Cc4ccccc4F)CC3)ccc2N1. The van der Waals surface area contributed by atoms with Crippen LogP contribution < -0.4 is 10.0 Å². The maximum absolute atomic E-state index is 13.9. The normalized spacial score (nSPS) is 18.3. The molecule has 0 aliphatic carbocycles. The average Bonchev–Trinajstić information content (AvgIpc) is 2.95. The number of halogens is 1. The minimum absolute atomic E-state index is 0.0335. The summed E-state index contributed by atoms with van der Waals surface area (Å²) in [7, 11) is -3.61. The Balaban J connectivity index is 1.31. The van der Waals surface area contributed by atoms with Crippen LogP contribution in [0, 0.1) is 11.7 Å². The molecule has 2 aromatic carbocycles. The summed E-state index contributed by atoms with van der Waals surface area (Å²) in [5.41, 5.74) is 2.25. The predicted molar refractivity (Wildman–Crippen MR) is 118 cm³/mol. The molecule has 0 spiro atoms. The maximum Gasteiger partial charge on any atom is 0.240 e. The Morgan fingerprint density at radius 3 is 2.65 bits per heavy atom. The number of fused-ring (bicyclic) bond motifs is 1. The Morgan fingerprint density at radius 1 is 1.10 bits per heavy atom. The van der Waals surface area contributed by atoms with Gasteiger partial charge in [-0.2, -0.15) is 0 Å². The smallest absolute Gasteiger partial charge is 0.240 e. The van der Waals surface area contributed by atoms with E-state index in [9.17, 15) is 17.6 Å². The van der Waals surface area contributed by atoms with E-state index in [0.717, 1.165) is 31.5 Å². The van der Waals surface area contributed by atoms with Gasteiger partial charge in [-0.05, 0) is 74.5 Å². The number of piperidine rings is 1. The average molecular weight is 446 g/mol. The zero-order valence-corrected chi connectivity index (χ0v) is 18.3. The van der Waals surface area contributed by atoms with Crippen LogP contribution in [0.1, 0.15) is 36.8 Å². The number of sulfonamides is 1. The molecule has 166 valence electrons. The highest BCUT2D eigenvalue weighted by molar-refractivity contribution is 7.89. The van der Waals surface area contributed by atoms with Gasteiger partial charge in [0.05, 0.1) is 4.90 Å². The van der Waals surface area contributed by atoms with Crippen LogP contribution in [0.3, 0.4) is 0 Å². The first kappa shape index (κ1) is 21.9. The lowest BCUT2D eigenvalue weighted by atomic mass is 9.97. The van der Waals surface area contributed by atoms with Gasteiger partial charge in [0.25, 0.3) is 0 Å². The minimum Gasteiger partial charge on any atom is -0.326 e. The molecule has 0 radical (unpaired) electrons. The maximum atomic E-state index is 13.9. The van der Waals surface area contributed by atoms with Crippen molar-refractivity contribution < 1.29 is 17.6 Å². The first-order chi connectivity index (χ1) is 14.9. The third kappa shape index (κ3) is 5.50. The first-order valence-corrected chi connectivity index (χ1v) is 12.3. The van der Waals surface area contributed by atoms with Gasteiger partial charge >= 0.3 is 0 Å². The van der Waals surface area contributed by atoms with Crippen molar-refractivity contribution in [1.82, 2.24) is 9.62 Å². The number of nitrogens with one attached hydrogen (secondary N) is 2. The third-order valence-corrected chi connectivity index (χ3v) is 7.55. The zero-order chi connectivity index (χ0) is 21.8. The van der Waals surface area contributed by atoms with Crippen molar-refractivity contribution in [2.45, 2.75) is 43.5 Å². The topological polar surface area (TPSA) is 78.5 Å². The van der Waals surface area contributed by atoms with Gasteiger partial charge < -0.3 is 5.32 Å². The molecule has 2 N–H and O–H groups in total. The molecule has 1 saturated heterocycles. The van der Waals surface area contributed by atoms with E-state index in [1.807, 2.05) is 12.1 Å². The van der Waals surface area contributed by atoms with Crippen LogP contribution in [-0.2, 0) is 27.8 Å². The lowest BCUT2D eigenvalue weighted by Gasteiger charge is -2.32. The molecular formula is C23H28FN3O3S. The second-order valence-corrected chi connectivity index (χ2v) is 10.2. The van der Waals surface area contributed by atoms with Gasteiger partial charge in [0, 0.05) is 30.8 Å². The highest BCUT2D eigenvalue weighted by Crippen LogP contribution is 2.26. The van der Waals surface area contributed by atoms with Crippen LogP contribution in [0.2, 0.25) is 0 Å². The van der Waals surface area contributed by atoms with Crippen LogP contribution in [0.5, 0.6) is 0 Å². The first-order valence-electron chi connectivity index (χ1n) is 10.8. The van der Waals surface area contributed by atoms with E-state index in [4.69, 9.17) is 0 Å². The van der Waals surface area contributed by atoms with Crippen LogP contribution >= 0.6 is 0 Å². The van der Waals surface area contributed by atoms with E-state index in [1.165, 1.54) is 6.07 Å². The molecule has 0 aromatic heterocycles. The number of aryl methyl sites for hydroxylation is 1. The Hall–Kier alpha value is -2.29. The highest BCUT2D eigenvalue weighted by Gasteiger charge is 2.23. The Bertz CT molecular complexity index is 1050. The van der Waals surface area contributed by atoms with Gasteiger partial charge in [0.15, 0.2) is 0 Å². The van der Waals surface area contributed by atoms with Crippen LogP contribution in [0.15, 0.2) is 47.4 Å². The Labute approximate surface area is 182 Å². The number of rotatable bonds is 6. The molecule has 8 heteroatoms. The standard InChI is InChI=1S/C23H28FN3O3S/c24-21-6-2-1-4-19(21)16-27-12-10-17(11-13-27)15-25-31(29,30)20-8-9-22-18(14-20)5-3-7-23(28)26-22/h1-2,4,6,8-9,14,17,25H,3,5,7,10-13,15-16H2,(H,26,28). The van der Waals surface area contributed by atoms with Crippen LogP contribution in [0.4, 0.5) is 10.1 Å². The fourth-order valence-electron chi connectivity index (χ4n) is 4.25. The van der Waals surface area contributed by atoms with Crippen molar-refractivity contribution in [1.29, 1.82) is 0 Å². The molecule has 0 unspecified atom stereocenters. The van der Waals surface area contributed by atoms with E-state index in [1.54, 1.807) is 24.3 Å². The van der Waals surface area contributed by atoms with Gasteiger partial charge in [-0.1, -0.05) is 18.2 Å². The molecule has 0 atom stereocenters. The molecule has 0 bridgehead atoms. The number of benzene rings is 2. The molecule has 0 saturated carbocycles. The fourth-order valence-corrected chi connectivity index (χ4v) is 5.41. The van der Waals surface area contributed by atoms with E-state index < -0.39 is 10.0 Å². The molecule has 2 aliphatic heterocycles. The molecule has 1 amide bonds. The fraction of sp³-hybridized carbons (Fsp3) is 0.435. The lowest BCUT2D eigenvalue weighted by Crippen LogP contribution is -2.38. The highest BCUT2D eigenvalue weighted by atomic mass is 32.2. The monoisotopic (exact) mass is 445 g/mol. The molecule has 2 heterocycles. The quantitative estimate of drug-likeness (QED) is 0.715. The Kier molecular flexibility index (Phi) is 6.69. The molecule has 4 rings (SSSR count). The van der Waals surface area contributed by atoms with Crippen molar-refractivity contribution in [3.8, 4) is 0 Å². The second kappa shape index (κ2) is 9.46. The largest absolute Gasteiger partial charge is 0.326 e. The molecule has 2 aliphatic rings. The number of nitrogens with zero attached hydrogens (tertiary/aromatic N) is 1. The minimum atomic E-state index is -3.61. The molecule has 2 aromatic rings. The predicted octanol–water partition coefficient (Wildman–Crippen LogP) is 3.29. The number of carbonyl (C=O) groups is 1. The van der Waals surface area contributed by atoms with E-state index in [-0.39, 0.29) is 22.5 Å². The molecule has 6 nitrogen and oxygen atoms in total. The number of hydrogen-bond acceptors (Lipinski definition) is 4. The van der Waals surface area contributed by atoms with Gasteiger partial charge in [-0.15, -0.1) is 0 Å². The van der Waals surface area contributed by atoms with Crippen LogP contribution in [-0.4, -0.2) is 38.9 Å². The molecule has 1 fully saturated rings. The van der Waals surface area contributed by atoms with Crippen molar-refractivity contribution >= 4 is 21.6 Å². The number of anilines is 1. The van der Waals surface area contributed by atoms with Crippen LogP contribution in [0.25, 0.3) is 0 Å². The Morgan fingerprint density at radius 2 is 1.87 bits per heavy atom. The van der Waals surface area contributed by atoms with Gasteiger partial charge in [-0.3, -0.25) is 9.69 Å². The summed E-state index contributed by atoms with van der Waals surface area (Å²) in [6.45, 7) is 2.61. The summed E-state index contributed by atoms with van der Waals surface area (Å²) < 4.78 is 42.2. The van der Waals surface area contributed by atoms with Gasteiger partial charge in [-0.25, -0.2) is 17.5 Å². The molecule has 31 heavy (non-hydrogen) atoms. The number of likely N-dealkylation sites (tertiary alicyclic amines) is 1. The summed E-state index contributed by atoms with van der Waals surface area (Å²) in [6.07, 6.45) is 3.57. The van der Waals surface area contributed by atoms with Crippen molar-refractivity contribution in [3.63, 3.8) is 0 Å². The van der Waals surface area contributed by atoms with E-state index in [0.29, 0.717) is 43.6 Å². The van der Waals surface area contributed by atoms with Crippen molar-refractivity contribution in [3.05, 3.63) is 59.4 Å². The number of carbonyl (C=O) groups excluding carboxylic acids is 1. The van der Waals surface area contributed by atoms with E-state index in [2.05, 4.69) is 14.9 Å². The summed E-state index contributed by atoms with van der Waals surface area (Å²) in [6, 6.07) is 11.7. The van der Waals surface area contributed by atoms with Crippen molar-refractivity contribution in [2.24, 2.45) is 5.92 Å².